The molecule has 0 saturated heterocycles. The van der Waals surface area contributed by atoms with Crippen molar-refractivity contribution in [1.82, 2.24) is 34.7 Å². The monoisotopic (exact) mass is 1200 g/mol. The fraction of sp³-hybridized carbons (Fsp3) is 0.164. The van der Waals surface area contributed by atoms with Crippen molar-refractivity contribution in [1.29, 1.82) is 0 Å². The van der Waals surface area contributed by atoms with Crippen molar-refractivity contribution in [2.75, 3.05) is 61.1 Å². The molecule has 0 bridgehead atoms. The van der Waals surface area contributed by atoms with Gasteiger partial charge in [-0.25, -0.2) is 15.0 Å². The molecule has 0 aliphatic carbocycles. The van der Waals surface area contributed by atoms with E-state index in [4.69, 9.17) is 4.98 Å². The first-order valence-electron chi connectivity index (χ1n) is 29.4. The van der Waals surface area contributed by atoms with Crippen LogP contribution in [0.4, 0.5) is 38.1 Å². The first kappa shape index (κ1) is 61.0. The van der Waals surface area contributed by atoms with Crippen LogP contribution in [0.3, 0.4) is 0 Å². The number of hydrogen-bond donors (Lipinski definition) is 3. The Labute approximate surface area is 524 Å². The molecule has 12 aromatic rings. The van der Waals surface area contributed by atoms with E-state index in [9.17, 15) is 0 Å². The normalized spacial score (nSPS) is 10.9. The van der Waals surface area contributed by atoms with Crippen LogP contribution < -0.4 is 20.9 Å². The molecule has 14 heteroatoms. The van der Waals surface area contributed by atoms with Crippen LogP contribution >= 0.6 is 34.0 Å². The van der Waals surface area contributed by atoms with Crippen molar-refractivity contribution >= 4 is 72.2 Å². The Morgan fingerprint density at radius 1 is 0.402 bits per heavy atom. The highest BCUT2D eigenvalue weighted by Gasteiger charge is 2.10. The standard InChI is InChI=1S/C26H27N3S.C24H24N4S.C23H22N4S/c1-2-29(19-22-9-5-3-6-10-22)18-17-21-13-15-24(16-14-21)27-26-28-25(20-30-26)23-11-7-4-8-12-23;1-28(18-20-6-3-2-4-7-20)15-13-19-9-11-22(12-10-19)27-24-26-17-23(29-24)21-8-5-14-25-16-21;1-27(21-7-3-2-4-8-21)15-13-18-9-11-20(12-10-18)25-23-26-22(17-28-23)19-6-5-14-24-16-19/h3-16,20H,2,17-19H2,1H3,(H,27,28);2-12,14,16-17H,13,15,18H2,1H3,(H,26,27);2-12,14,16-17H,13,15H2,1H3,(H,25,26). The second-order valence-corrected chi connectivity index (χ2v) is 23.8. The van der Waals surface area contributed by atoms with Crippen molar-refractivity contribution < 1.29 is 0 Å². The Kier molecular flexibility index (Phi) is 22.7. The summed E-state index contributed by atoms with van der Waals surface area (Å²) in [5.74, 6) is 0. The van der Waals surface area contributed by atoms with Crippen LogP contribution in [0.1, 0.15) is 34.7 Å². The summed E-state index contributed by atoms with van der Waals surface area (Å²) in [7, 11) is 4.30. The van der Waals surface area contributed by atoms with E-state index >= 15 is 0 Å². The van der Waals surface area contributed by atoms with Crippen molar-refractivity contribution in [3.05, 3.63) is 288 Å². The molecule has 0 radical (unpaired) electrons. The molecule has 11 nitrogen and oxygen atoms in total. The summed E-state index contributed by atoms with van der Waals surface area (Å²) in [4.78, 5) is 30.4. The number of rotatable bonds is 24. The van der Waals surface area contributed by atoms with Crippen molar-refractivity contribution in [2.45, 2.75) is 39.3 Å². The van der Waals surface area contributed by atoms with Gasteiger partial charge >= 0.3 is 0 Å². The number of benzene rings is 7. The van der Waals surface area contributed by atoms with Gasteiger partial charge in [-0.05, 0) is 127 Å². The van der Waals surface area contributed by atoms with E-state index < -0.39 is 0 Å². The summed E-state index contributed by atoms with van der Waals surface area (Å²) >= 11 is 4.86. The number of likely N-dealkylation sites (N-methyl/N-ethyl adjacent to an activating group) is 3. The molecule has 0 fully saturated rings. The van der Waals surface area contributed by atoms with Gasteiger partial charge in [0.2, 0.25) is 0 Å². The molecule has 7 aromatic carbocycles. The molecule has 12 rings (SSSR count). The highest BCUT2D eigenvalue weighted by atomic mass is 32.1. The summed E-state index contributed by atoms with van der Waals surface area (Å²) in [6.07, 6.45) is 12.2. The van der Waals surface area contributed by atoms with Crippen molar-refractivity contribution in [3.8, 4) is 33.0 Å². The Hall–Kier alpha value is -9.15. The zero-order valence-electron chi connectivity index (χ0n) is 49.5. The minimum atomic E-state index is 0.885. The number of pyridine rings is 2. The van der Waals surface area contributed by atoms with E-state index in [-0.39, 0.29) is 0 Å². The van der Waals surface area contributed by atoms with Crippen LogP contribution in [0.5, 0.6) is 0 Å². The molecule has 5 aromatic heterocycles. The number of nitrogens with one attached hydrogen (secondary N) is 3. The van der Waals surface area contributed by atoms with Gasteiger partial charge in [0.05, 0.1) is 16.3 Å². The minimum absolute atomic E-state index is 0.885. The smallest absolute Gasteiger partial charge is 0.187 e. The average Bonchev–Trinajstić information content (AvgIpc) is 4.46. The molecule has 0 atom stereocenters. The maximum atomic E-state index is 4.71. The second-order valence-electron chi connectivity index (χ2n) is 21.0. The maximum Gasteiger partial charge on any atom is 0.187 e. The molecule has 0 saturated carbocycles. The fourth-order valence-corrected chi connectivity index (χ4v) is 11.8. The quantitative estimate of drug-likeness (QED) is 0.0538. The van der Waals surface area contributed by atoms with Gasteiger partial charge in [-0.2, -0.15) is 0 Å². The van der Waals surface area contributed by atoms with Crippen LogP contribution in [0.25, 0.3) is 33.0 Å². The Balaban J connectivity index is 0.000000145. The molecule has 0 aliphatic heterocycles. The van der Waals surface area contributed by atoms with E-state index in [0.29, 0.717) is 0 Å². The van der Waals surface area contributed by atoms with E-state index in [1.54, 1.807) is 46.4 Å². The topological polar surface area (TPSA) is 110 Å². The zero-order valence-corrected chi connectivity index (χ0v) is 51.9. The van der Waals surface area contributed by atoms with Gasteiger partial charge in [0.15, 0.2) is 15.4 Å². The summed E-state index contributed by atoms with van der Waals surface area (Å²) in [6, 6.07) is 75.9. The van der Waals surface area contributed by atoms with Crippen LogP contribution in [0, 0.1) is 0 Å². The van der Waals surface area contributed by atoms with E-state index in [1.165, 1.54) is 33.5 Å². The molecule has 438 valence electrons. The first-order chi connectivity index (χ1) is 42.8. The predicted octanol–water partition coefficient (Wildman–Crippen LogP) is 17.9. The van der Waals surface area contributed by atoms with Gasteiger partial charge in [-0.3, -0.25) is 14.9 Å². The van der Waals surface area contributed by atoms with Crippen LogP contribution in [0.15, 0.2) is 260 Å². The van der Waals surface area contributed by atoms with E-state index in [2.05, 4.69) is 247 Å². The molecule has 0 aliphatic rings. The molecule has 5 heterocycles. The van der Waals surface area contributed by atoms with Gasteiger partial charge in [-0.15, -0.1) is 22.7 Å². The predicted molar refractivity (Wildman–Crippen MR) is 368 cm³/mol. The lowest BCUT2D eigenvalue weighted by Crippen LogP contribution is -2.25. The average molecular weight is 1200 g/mol. The summed E-state index contributed by atoms with van der Waals surface area (Å²) in [5, 5.41) is 17.0. The molecular weight excluding hydrogens is 1130 g/mol. The van der Waals surface area contributed by atoms with E-state index in [0.717, 1.165) is 124 Å². The van der Waals surface area contributed by atoms with Gasteiger partial charge in [-0.1, -0.05) is 170 Å². The molecule has 0 unspecified atom stereocenters. The lowest BCUT2D eigenvalue weighted by atomic mass is 10.1. The third kappa shape index (κ3) is 19.4. The summed E-state index contributed by atoms with van der Waals surface area (Å²) < 4.78 is 0. The SMILES string of the molecule is CCN(CCc1ccc(Nc2nc(-c3ccccc3)cs2)cc1)Cc1ccccc1.CN(CCc1ccc(Nc2nc(-c3cccnc3)cs2)cc1)c1ccccc1.CN(CCc1ccc(Nc2ncc(-c3cccnc3)s2)cc1)Cc1ccccc1. The lowest BCUT2D eigenvalue weighted by Gasteiger charge is -2.20. The minimum Gasteiger partial charge on any atom is -0.374 e. The second kappa shape index (κ2) is 32.4. The summed E-state index contributed by atoms with van der Waals surface area (Å²) in [6.45, 7) is 8.34. The van der Waals surface area contributed by atoms with Crippen LogP contribution in [-0.2, 0) is 32.4 Å². The highest BCUT2D eigenvalue weighted by molar-refractivity contribution is 7.19. The lowest BCUT2D eigenvalue weighted by molar-refractivity contribution is 0.283. The zero-order chi connectivity index (χ0) is 59.7. The number of para-hydroxylation sites is 1. The maximum absolute atomic E-state index is 4.71. The number of anilines is 7. The molecule has 3 N–H and O–H groups in total. The number of thiazole rings is 3. The molecule has 0 amide bonds. The highest BCUT2D eigenvalue weighted by Crippen LogP contribution is 2.32. The summed E-state index contributed by atoms with van der Waals surface area (Å²) in [5.41, 5.74) is 16.4. The van der Waals surface area contributed by atoms with Crippen molar-refractivity contribution in [2.24, 2.45) is 0 Å². The van der Waals surface area contributed by atoms with Gasteiger partial charge in [0.25, 0.3) is 0 Å². The first-order valence-corrected chi connectivity index (χ1v) is 32.0. The van der Waals surface area contributed by atoms with Gasteiger partial charge in [0, 0.05) is 121 Å². The third-order valence-corrected chi connectivity index (χ3v) is 17.0. The molecular formula is C73H73N11S3. The van der Waals surface area contributed by atoms with Crippen LogP contribution in [-0.4, -0.2) is 75.0 Å². The number of nitrogens with zero attached hydrogens (tertiary/aromatic N) is 8. The number of aromatic nitrogens is 5. The van der Waals surface area contributed by atoms with Gasteiger partial charge < -0.3 is 25.8 Å². The van der Waals surface area contributed by atoms with E-state index in [1.807, 2.05) is 72.5 Å². The molecule has 87 heavy (non-hydrogen) atoms. The third-order valence-electron chi connectivity index (χ3n) is 14.5. The van der Waals surface area contributed by atoms with Crippen LogP contribution in [0.2, 0.25) is 0 Å². The Bertz CT molecular complexity index is 3850. The van der Waals surface area contributed by atoms with Gasteiger partial charge in [0.1, 0.15) is 0 Å². The Morgan fingerprint density at radius 2 is 0.851 bits per heavy atom. The molecule has 0 spiro atoms. The number of hydrogen-bond acceptors (Lipinski definition) is 14. The van der Waals surface area contributed by atoms with Crippen molar-refractivity contribution in [3.63, 3.8) is 0 Å². The fourth-order valence-electron chi connectivity index (χ4n) is 9.54. The largest absolute Gasteiger partial charge is 0.374 e. The Morgan fingerprint density at radius 3 is 1.37 bits per heavy atom.